The van der Waals surface area contributed by atoms with Crippen molar-refractivity contribution in [3.8, 4) is 0 Å². The number of esters is 1. The molecule has 0 amide bonds. The Morgan fingerprint density at radius 1 is 1.67 bits per heavy atom. The van der Waals surface area contributed by atoms with Gasteiger partial charge in [-0.25, -0.2) is 4.79 Å². The zero-order chi connectivity index (χ0) is 13.0. The topological polar surface area (TPSA) is 51.5 Å². The Balaban J connectivity index is 1.87. The highest BCUT2D eigenvalue weighted by molar-refractivity contribution is 8.00. The molecule has 2 rings (SSSR count). The van der Waals surface area contributed by atoms with Gasteiger partial charge in [-0.15, -0.1) is 0 Å². The first-order valence-electron chi connectivity index (χ1n) is 6.14. The smallest absolute Gasteiger partial charge is 0.374 e. The highest BCUT2D eigenvalue weighted by Gasteiger charge is 2.29. The molecule has 5 heteroatoms. The van der Waals surface area contributed by atoms with E-state index in [-0.39, 0.29) is 0 Å². The van der Waals surface area contributed by atoms with E-state index in [0.717, 1.165) is 12.1 Å². The van der Waals surface area contributed by atoms with Crippen LogP contribution in [0.15, 0.2) is 16.7 Å². The standard InChI is InChI=1S/C13H19NO3S/c1-13(5-3-7-18-13)9-14-8-10-4-6-17-11(10)12(15)16-2/h4,6,14H,3,5,7-9H2,1-2H3. The highest BCUT2D eigenvalue weighted by atomic mass is 32.2. The summed E-state index contributed by atoms with van der Waals surface area (Å²) in [6, 6.07) is 1.81. The van der Waals surface area contributed by atoms with Crippen LogP contribution in [0.25, 0.3) is 0 Å². The van der Waals surface area contributed by atoms with E-state index in [9.17, 15) is 4.79 Å². The minimum atomic E-state index is -0.418. The normalized spacial score (nSPS) is 23.2. The van der Waals surface area contributed by atoms with Crippen LogP contribution in [0.2, 0.25) is 0 Å². The predicted molar refractivity (Wildman–Crippen MR) is 71.9 cm³/mol. The van der Waals surface area contributed by atoms with Crippen molar-refractivity contribution < 1.29 is 13.9 Å². The average Bonchev–Trinajstić information content (AvgIpc) is 2.98. The second-order valence-corrected chi connectivity index (χ2v) is 6.45. The van der Waals surface area contributed by atoms with Crippen LogP contribution in [-0.2, 0) is 11.3 Å². The Hall–Kier alpha value is -0.940. The number of hydrogen-bond donors (Lipinski definition) is 1. The Labute approximate surface area is 111 Å². The number of ether oxygens (including phenoxy) is 1. The van der Waals surface area contributed by atoms with E-state index in [1.807, 2.05) is 17.8 Å². The van der Waals surface area contributed by atoms with Crippen LogP contribution in [0.5, 0.6) is 0 Å². The van der Waals surface area contributed by atoms with Gasteiger partial charge in [0.2, 0.25) is 5.76 Å². The lowest BCUT2D eigenvalue weighted by Crippen LogP contribution is -2.32. The number of furan rings is 1. The quantitative estimate of drug-likeness (QED) is 0.832. The van der Waals surface area contributed by atoms with Crippen LogP contribution >= 0.6 is 11.8 Å². The Morgan fingerprint density at radius 3 is 3.17 bits per heavy atom. The summed E-state index contributed by atoms with van der Waals surface area (Å²) in [5.74, 6) is 1.13. The predicted octanol–water partition coefficient (Wildman–Crippen LogP) is 2.44. The number of methoxy groups -OCH3 is 1. The summed E-state index contributed by atoms with van der Waals surface area (Å²) in [5.41, 5.74) is 0.855. The molecule has 4 nitrogen and oxygen atoms in total. The summed E-state index contributed by atoms with van der Waals surface area (Å²) in [7, 11) is 1.36. The van der Waals surface area contributed by atoms with Crippen LogP contribution in [-0.4, -0.2) is 30.1 Å². The number of rotatable bonds is 5. The zero-order valence-electron chi connectivity index (χ0n) is 10.8. The molecule has 1 unspecified atom stereocenters. The van der Waals surface area contributed by atoms with E-state index in [4.69, 9.17) is 4.42 Å². The molecule has 0 bridgehead atoms. The molecule has 0 saturated carbocycles. The minimum absolute atomic E-state index is 0.300. The van der Waals surface area contributed by atoms with Crippen molar-refractivity contribution in [3.05, 3.63) is 23.7 Å². The molecule has 100 valence electrons. The Morgan fingerprint density at radius 2 is 2.50 bits per heavy atom. The molecule has 0 radical (unpaired) electrons. The molecule has 1 fully saturated rings. The SMILES string of the molecule is COC(=O)c1occc1CNCC1(C)CCCS1. The van der Waals surface area contributed by atoms with Crippen molar-refractivity contribution in [3.63, 3.8) is 0 Å². The van der Waals surface area contributed by atoms with E-state index in [1.54, 1.807) is 0 Å². The first-order valence-corrected chi connectivity index (χ1v) is 7.12. The lowest BCUT2D eigenvalue weighted by Gasteiger charge is -2.22. The maximum atomic E-state index is 11.4. The van der Waals surface area contributed by atoms with Gasteiger partial charge in [0.1, 0.15) is 0 Å². The molecule has 1 aliphatic heterocycles. The van der Waals surface area contributed by atoms with Gasteiger partial charge >= 0.3 is 5.97 Å². The van der Waals surface area contributed by atoms with E-state index in [2.05, 4.69) is 17.0 Å². The highest BCUT2D eigenvalue weighted by Crippen LogP contribution is 2.37. The van der Waals surface area contributed by atoms with Crippen LogP contribution in [0.3, 0.4) is 0 Å². The van der Waals surface area contributed by atoms with Gasteiger partial charge in [-0.05, 0) is 31.6 Å². The molecule has 1 aromatic heterocycles. The number of carbonyl (C=O) groups is 1. The maximum absolute atomic E-state index is 11.4. The third kappa shape index (κ3) is 3.09. The summed E-state index contributed by atoms with van der Waals surface area (Å²) in [6.07, 6.45) is 4.07. The van der Waals surface area contributed by atoms with Gasteiger partial charge in [0.25, 0.3) is 0 Å². The summed E-state index contributed by atoms with van der Waals surface area (Å²) in [4.78, 5) is 11.4. The van der Waals surface area contributed by atoms with E-state index < -0.39 is 5.97 Å². The molecule has 1 aliphatic rings. The van der Waals surface area contributed by atoms with E-state index in [1.165, 1.54) is 32.0 Å². The first kappa shape index (κ1) is 13.5. The largest absolute Gasteiger partial charge is 0.463 e. The van der Waals surface area contributed by atoms with E-state index >= 15 is 0 Å². The van der Waals surface area contributed by atoms with Gasteiger partial charge in [0, 0.05) is 23.4 Å². The van der Waals surface area contributed by atoms with Crippen molar-refractivity contribution in [2.75, 3.05) is 19.4 Å². The fraction of sp³-hybridized carbons (Fsp3) is 0.615. The van der Waals surface area contributed by atoms with Crippen LogP contribution in [0, 0.1) is 0 Å². The minimum Gasteiger partial charge on any atom is -0.463 e. The summed E-state index contributed by atoms with van der Waals surface area (Å²) >= 11 is 2.02. The second-order valence-electron chi connectivity index (χ2n) is 4.77. The summed E-state index contributed by atoms with van der Waals surface area (Å²) in [6.45, 7) is 3.87. The molecule has 18 heavy (non-hydrogen) atoms. The monoisotopic (exact) mass is 269 g/mol. The first-order chi connectivity index (χ1) is 8.64. The van der Waals surface area contributed by atoms with Crippen molar-refractivity contribution in [2.24, 2.45) is 0 Å². The van der Waals surface area contributed by atoms with E-state index in [0.29, 0.717) is 17.1 Å². The number of nitrogens with one attached hydrogen (secondary N) is 1. The maximum Gasteiger partial charge on any atom is 0.374 e. The Kier molecular flexibility index (Phi) is 4.35. The molecule has 1 saturated heterocycles. The van der Waals surface area contributed by atoms with Crippen molar-refractivity contribution in [1.82, 2.24) is 5.32 Å². The number of hydrogen-bond acceptors (Lipinski definition) is 5. The number of carbonyl (C=O) groups excluding carboxylic acids is 1. The lowest BCUT2D eigenvalue weighted by atomic mass is 10.1. The summed E-state index contributed by atoms with van der Waals surface area (Å²) < 4.78 is 10.1. The average molecular weight is 269 g/mol. The van der Waals surface area contributed by atoms with Gasteiger partial charge in [0.15, 0.2) is 0 Å². The van der Waals surface area contributed by atoms with Crippen molar-refractivity contribution >= 4 is 17.7 Å². The van der Waals surface area contributed by atoms with Gasteiger partial charge in [-0.3, -0.25) is 0 Å². The molecular formula is C13H19NO3S. The number of thioether (sulfide) groups is 1. The fourth-order valence-electron chi connectivity index (χ4n) is 2.18. The molecular weight excluding hydrogens is 250 g/mol. The van der Waals surface area contributed by atoms with Gasteiger partial charge in [-0.2, -0.15) is 11.8 Å². The third-order valence-corrected chi connectivity index (χ3v) is 4.77. The van der Waals surface area contributed by atoms with Crippen molar-refractivity contribution in [1.29, 1.82) is 0 Å². The molecule has 0 aliphatic carbocycles. The van der Waals surface area contributed by atoms with Crippen LogP contribution in [0.1, 0.15) is 35.9 Å². The fourth-order valence-corrected chi connectivity index (χ4v) is 3.46. The van der Waals surface area contributed by atoms with Gasteiger partial charge < -0.3 is 14.5 Å². The molecule has 0 aromatic carbocycles. The molecule has 2 heterocycles. The molecule has 0 spiro atoms. The third-order valence-electron chi connectivity index (χ3n) is 3.23. The lowest BCUT2D eigenvalue weighted by molar-refractivity contribution is 0.0563. The van der Waals surface area contributed by atoms with Crippen LogP contribution < -0.4 is 5.32 Å². The molecule has 1 atom stereocenters. The molecule has 1 aromatic rings. The second kappa shape index (κ2) is 5.80. The summed E-state index contributed by atoms with van der Waals surface area (Å²) in [5, 5.41) is 3.40. The van der Waals surface area contributed by atoms with Gasteiger partial charge in [0.05, 0.1) is 13.4 Å². The van der Waals surface area contributed by atoms with Gasteiger partial charge in [-0.1, -0.05) is 0 Å². The Bertz CT molecular complexity index is 410. The zero-order valence-corrected chi connectivity index (χ0v) is 11.6. The van der Waals surface area contributed by atoms with Crippen LogP contribution in [0.4, 0.5) is 0 Å². The molecule has 1 N–H and O–H groups in total. The van der Waals surface area contributed by atoms with Crippen molar-refractivity contribution in [2.45, 2.75) is 31.1 Å².